The first kappa shape index (κ1) is 12.5. The predicted molar refractivity (Wildman–Crippen MR) is 62.7 cm³/mol. The average molecular weight is 251 g/mol. The van der Waals surface area contributed by atoms with Crippen molar-refractivity contribution < 1.29 is 19.1 Å². The van der Waals surface area contributed by atoms with Crippen LogP contribution in [0.2, 0.25) is 0 Å². The van der Waals surface area contributed by atoms with E-state index in [4.69, 9.17) is 5.11 Å². The highest BCUT2D eigenvalue weighted by Gasteiger charge is 2.33. The Morgan fingerprint density at radius 2 is 2.00 bits per heavy atom. The van der Waals surface area contributed by atoms with E-state index < -0.39 is 23.7 Å². The first-order valence-electron chi connectivity index (χ1n) is 5.89. The summed E-state index contributed by atoms with van der Waals surface area (Å²) in [5.41, 5.74) is -0.0642. The number of nitrogens with zero attached hydrogens (tertiary/aromatic N) is 1. The van der Waals surface area contributed by atoms with Gasteiger partial charge in [0.05, 0.1) is 5.56 Å². The zero-order valence-corrected chi connectivity index (χ0v) is 9.80. The van der Waals surface area contributed by atoms with E-state index in [1.807, 2.05) is 0 Å². The molecule has 1 N–H and O–H groups in total. The van der Waals surface area contributed by atoms with E-state index in [2.05, 4.69) is 0 Å². The number of hydrogen-bond donors (Lipinski definition) is 1. The van der Waals surface area contributed by atoms with Crippen LogP contribution in [0.25, 0.3) is 0 Å². The molecule has 1 heterocycles. The summed E-state index contributed by atoms with van der Waals surface area (Å²) >= 11 is 0. The van der Waals surface area contributed by atoms with Crippen molar-refractivity contribution in [2.75, 3.05) is 6.54 Å². The van der Waals surface area contributed by atoms with Gasteiger partial charge in [-0.25, -0.2) is 9.18 Å². The maximum atomic E-state index is 13.5. The van der Waals surface area contributed by atoms with Gasteiger partial charge in [-0.15, -0.1) is 0 Å². The van der Waals surface area contributed by atoms with Gasteiger partial charge in [0.2, 0.25) is 0 Å². The van der Waals surface area contributed by atoms with Gasteiger partial charge in [0.25, 0.3) is 5.91 Å². The highest BCUT2D eigenvalue weighted by Crippen LogP contribution is 2.21. The lowest BCUT2D eigenvalue weighted by atomic mass is 10.0. The van der Waals surface area contributed by atoms with Crippen LogP contribution < -0.4 is 0 Å². The lowest BCUT2D eigenvalue weighted by molar-refractivity contribution is -0.143. The lowest BCUT2D eigenvalue weighted by Crippen LogP contribution is -2.48. The Morgan fingerprint density at radius 1 is 1.28 bits per heavy atom. The van der Waals surface area contributed by atoms with Crippen molar-refractivity contribution in [3.05, 3.63) is 35.6 Å². The number of carbonyl (C=O) groups excluding carboxylic acids is 1. The lowest BCUT2D eigenvalue weighted by Gasteiger charge is -2.33. The van der Waals surface area contributed by atoms with Crippen LogP contribution in [0.1, 0.15) is 29.6 Å². The second-order valence-corrected chi connectivity index (χ2v) is 4.33. The summed E-state index contributed by atoms with van der Waals surface area (Å²) in [5.74, 6) is -2.18. The molecule has 96 valence electrons. The predicted octanol–water partition coefficient (Wildman–Crippen LogP) is 1.91. The van der Waals surface area contributed by atoms with Crippen molar-refractivity contribution in [2.24, 2.45) is 0 Å². The Hall–Kier alpha value is -1.91. The molecule has 4 nitrogen and oxygen atoms in total. The maximum Gasteiger partial charge on any atom is 0.326 e. The molecule has 1 amide bonds. The quantitative estimate of drug-likeness (QED) is 0.873. The van der Waals surface area contributed by atoms with Crippen LogP contribution in [0.5, 0.6) is 0 Å². The van der Waals surface area contributed by atoms with E-state index in [0.29, 0.717) is 13.0 Å². The van der Waals surface area contributed by atoms with Crippen LogP contribution in [-0.4, -0.2) is 34.5 Å². The topological polar surface area (TPSA) is 57.6 Å². The van der Waals surface area contributed by atoms with Crippen LogP contribution in [0.15, 0.2) is 24.3 Å². The van der Waals surface area contributed by atoms with Crippen LogP contribution in [-0.2, 0) is 4.79 Å². The van der Waals surface area contributed by atoms with Gasteiger partial charge in [0.1, 0.15) is 11.9 Å². The number of aliphatic carboxylic acids is 1. The zero-order chi connectivity index (χ0) is 13.1. The van der Waals surface area contributed by atoms with Gasteiger partial charge in [-0.2, -0.15) is 0 Å². The normalized spacial score (nSPS) is 19.6. The fourth-order valence-corrected chi connectivity index (χ4v) is 2.22. The highest BCUT2D eigenvalue weighted by molar-refractivity contribution is 5.96. The fourth-order valence-electron chi connectivity index (χ4n) is 2.22. The van der Waals surface area contributed by atoms with Gasteiger partial charge in [-0.3, -0.25) is 4.79 Å². The number of benzene rings is 1. The molecule has 18 heavy (non-hydrogen) atoms. The van der Waals surface area contributed by atoms with Crippen molar-refractivity contribution in [1.29, 1.82) is 0 Å². The number of rotatable bonds is 2. The monoisotopic (exact) mass is 251 g/mol. The summed E-state index contributed by atoms with van der Waals surface area (Å²) in [5, 5.41) is 9.09. The molecule has 0 radical (unpaired) electrons. The SMILES string of the molecule is O=C(O)C1CCCCN1C(=O)c1ccccc1F. The zero-order valence-electron chi connectivity index (χ0n) is 9.80. The molecule has 5 heteroatoms. The number of likely N-dealkylation sites (tertiary alicyclic amines) is 1. The molecular formula is C13H14FNO3. The third-order valence-corrected chi connectivity index (χ3v) is 3.15. The molecule has 0 aromatic heterocycles. The van der Waals surface area contributed by atoms with Crippen molar-refractivity contribution in [3.8, 4) is 0 Å². The molecule has 1 aliphatic heterocycles. The molecule has 1 aromatic rings. The van der Waals surface area contributed by atoms with E-state index in [-0.39, 0.29) is 5.56 Å². The Balaban J connectivity index is 2.27. The minimum Gasteiger partial charge on any atom is -0.480 e. The number of amides is 1. The molecular weight excluding hydrogens is 237 g/mol. The van der Waals surface area contributed by atoms with E-state index in [9.17, 15) is 14.0 Å². The van der Waals surface area contributed by atoms with Crippen LogP contribution in [0.4, 0.5) is 4.39 Å². The molecule has 0 bridgehead atoms. The Morgan fingerprint density at radius 3 is 2.67 bits per heavy atom. The van der Waals surface area contributed by atoms with Gasteiger partial charge in [-0.1, -0.05) is 12.1 Å². The van der Waals surface area contributed by atoms with Gasteiger partial charge in [-0.05, 0) is 31.4 Å². The molecule has 1 unspecified atom stereocenters. The van der Waals surface area contributed by atoms with E-state index in [1.165, 1.54) is 23.1 Å². The average Bonchev–Trinajstić information content (AvgIpc) is 2.38. The Kier molecular flexibility index (Phi) is 3.60. The van der Waals surface area contributed by atoms with Crippen LogP contribution in [0, 0.1) is 5.82 Å². The standard InChI is InChI=1S/C13H14FNO3/c14-10-6-2-1-5-9(10)12(16)15-8-4-3-7-11(15)13(17)18/h1-2,5-6,11H,3-4,7-8H2,(H,17,18). The minimum atomic E-state index is -1.03. The number of carboxylic acid groups (broad SMARTS) is 1. The molecule has 0 aliphatic carbocycles. The summed E-state index contributed by atoms with van der Waals surface area (Å²) < 4.78 is 13.5. The van der Waals surface area contributed by atoms with Gasteiger partial charge >= 0.3 is 5.97 Å². The van der Waals surface area contributed by atoms with E-state index >= 15 is 0 Å². The highest BCUT2D eigenvalue weighted by atomic mass is 19.1. The third kappa shape index (κ3) is 2.34. The van der Waals surface area contributed by atoms with E-state index in [1.54, 1.807) is 6.07 Å². The number of carboxylic acids is 1. The minimum absolute atomic E-state index is 0.0642. The van der Waals surface area contributed by atoms with Crippen molar-refractivity contribution >= 4 is 11.9 Å². The summed E-state index contributed by atoms with van der Waals surface area (Å²) in [7, 11) is 0. The molecule has 1 aliphatic rings. The Labute approximate surface area is 104 Å². The van der Waals surface area contributed by atoms with Crippen molar-refractivity contribution in [3.63, 3.8) is 0 Å². The Bertz CT molecular complexity index is 475. The molecule has 2 rings (SSSR count). The van der Waals surface area contributed by atoms with Gasteiger partial charge in [0.15, 0.2) is 0 Å². The summed E-state index contributed by atoms with van der Waals surface area (Å²) in [6.45, 7) is 0.365. The molecule has 1 atom stereocenters. The number of carbonyl (C=O) groups is 2. The molecule has 1 aromatic carbocycles. The summed E-state index contributed by atoms with van der Waals surface area (Å²) in [6.07, 6.45) is 1.96. The van der Waals surface area contributed by atoms with Gasteiger partial charge < -0.3 is 10.0 Å². The van der Waals surface area contributed by atoms with Crippen molar-refractivity contribution in [2.45, 2.75) is 25.3 Å². The van der Waals surface area contributed by atoms with E-state index in [0.717, 1.165) is 12.8 Å². The molecule has 1 fully saturated rings. The van der Waals surface area contributed by atoms with Gasteiger partial charge in [0, 0.05) is 6.54 Å². The first-order chi connectivity index (χ1) is 8.61. The summed E-state index contributed by atoms with van der Waals surface area (Å²) in [4.78, 5) is 24.5. The summed E-state index contributed by atoms with van der Waals surface area (Å²) in [6, 6.07) is 4.80. The largest absolute Gasteiger partial charge is 0.480 e. The molecule has 0 spiro atoms. The molecule has 1 saturated heterocycles. The number of hydrogen-bond acceptors (Lipinski definition) is 2. The fraction of sp³-hybridized carbons (Fsp3) is 0.385. The maximum absolute atomic E-state index is 13.5. The van der Waals surface area contributed by atoms with Crippen LogP contribution >= 0.6 is 0 Å². The van der Waals surface area contributed by atoms with Crippen molar-refractivity contribution in [1.82, 2.24) is 4.90 Å². The third-order valence-electron chi connectivity index (χ3n) is 3.15. The smallest absolute Gasteiger partial charge is 0.326 e. The van der Waals surface area contributed by atoms with Crippen LogP contribution in [0.3, 0.4) is 0 Å². The molecule has 0 saturated carbocycles. The number of piperidine rings is 1. The first-order valence-corrected chi connectivity index (χ1v) is 5.89. The second kappa shape index (κ2) is 5.16. The second-order valence-electron chi connectivity index (χ2n) is 4.33. The number of halogens is 1.